The van der Waals surface area contributed by atoms with Crippen LogP contribution in [0.25, 0.3) is 0 Å². The Labute approximate surface area is 123 Å². The molecule has 5 nitrogen and oxygen atoms in total. The molecule has 1 saturated carbocycles. The summed E-state index contributed by atoms with van der Waals surface area (Å²) in [5.41, 5.74) is 1.26. The highest BCUT2D eigenvalue weighted by Gasteiger charge is 2.28. The molecule has 0 unspecified atom stereocenters. The molecule has 0 radical (unpaired) electrons. The second kappa shape index (κ2) is 6.35. The van der Waals surface area contributed by atoms with E-state index in [1.807, 2.05) is 13.8 Å². The van der Waals surface area contributed by atoms with Gasteiger partial charge in [-0.3, -0.25) is 9.59 Å². The van der Waals surface area contributed by atoms with Crippen LogP contribution in [0.4, 0.5) is 0 Å². The maximum atomic E-state index is 11.8. The molecule has 0 aromatic carbocycles. The third-order valence-corrected chi connectivity index (χ3v) is 4.06. The second-order valence-corrected chi connectivity index (χ2v) is 5.88. The predicted octanol–water partition coefficient (Wildman–Crippen LogP) is 2.09. The SMILES string of the molecule is CCNC(=O)CSc1nc(C2CC2)nc(C)c1C(C)=O. The molecule has 6 heteroatoms. The summed E-state index contributed by atoms with van der Waals surface area (Å²) >= 11 is 1.31. The second-order valence-electron chi connectivity index (χ2n) is 4.92. The van der Waals surface area contributed by atoms with E-state index in [0.29, 0.717) is 28.7 Å². The number of aromatic nitrogens is 2. The number of carbonyl (C=O) groups excluding carboxylic acids is 2. The standard InChI is InChI=1S/C14H19N3O2S/c1-4-15-11(19)7-20-14-12(9(3)18)8(2)16-13(17-14)10-5-6-10/h10H,4-7H2,1-3H3,(H,15,19). The van der Waals surface area contributed by atoms with Crippen molar-refractivity contribution in [1.29, 1.82) is 0 Å². The molecule has 108 valence electrons. The number of hydrogen-bond acceptors (Lipinski definition) is 5. The maximum absolute atomic E-state index is 11.8. The average molecular weight is 293 g/mol. The lowest BCUT2D eigenvalue weighted by Gasteiger charge is -2.10. The monoisotopic (exact) mass is 293 g/mol. The van der Waals surface area contributed by atoms with Gasteiger partial charge in [0, 0.05) is 12.5 Å². The summed E-state index contributed by atoms with van der Waals surface area (Å²) in [6, 6.07) is 0. The van der Waals surface area contributed by atoms with Gasteiger partial charge in [0.25, 0.3) is 0 Å². The Morgan fingerprint density at radius 2 is 2.05 bits per heavy atom. The average Bonchev–Trinajstić information content (AvgIpc) is 3.19. The molecule has 1 heterocycles. The Morgan fingerprint density at radius 3 is 2.60 bits per heavy atom. The first-order chi connectivity index (χ1) is 9.52. The van der Waals surface area contributed by atoms with E-state index in [-0.39, 0.29) is 17.4 Å². The van der Waals surface area contributed by atoms with E-state index < -0.39 is 0 Å². The van der Waals surface area contributed by atoms with Crippen molar-refractivity contribution in [1.82, 2.24) is 15.3 Å². The fourth-order valence-electron chi connectivity index (χ4n) is 1.98. The number of nitrogens with one attached hydrogen (secondary N) is 1. The summed E-state index contributed by atoms with van der Waals surface area (Å²) in [6.07, 6.45) is 2.22. The number of ketones is 1. The molecular weight excluding hydrogens is 274 g/mol. The van der Waals surface area contributed by atoms with E-state index >= 15 is 0 Å². The van der Waals surface area contributed by atoms with Gasteiger partial charge in [-0.05, 0) is 33.6 Å². The first-order valence-corrected chi connectivity index (χ1v) is 7.80. The van der Waals surface area contributed by atoms with E-state index in [1.165, 1.54) is 18.7 Å². The number of nitrogens with zero attached hydrogens (tertiary/aromatic N) is 2. The van der Waals surface area contributed by atoms with E-state index in [2.05, 4.69) is 15.3 Å². The van der Waals surface area contributed by atoms with Crippen LogP contribution in [-0.2, 0) is 4.79 Å². The van der Waals surface area contributed by atoms with Crippen molar-refractivity contribution in [3.05, 3.63) is 17.1 Å². The first-order valence-electron chi connectivity index (χ1n) is 6.81. The molecule has 1 aromatic heterocycles. The summed E-state index contributed by atoms with van der Waals surface area (Å²) in [4.78, 5) is 32.2. The molecule has 0 bridgehead atoms. The van der Waals surface area contributed by atoms with Crippen LogP contribution >= 0.6 is 11.8 Å². The highest BCUT2D eigenvalue weighted by atomic mass is 32.2. The van der Waals surface area contributed by atoms with Gasteiger partial charge >= 0.3 is 0 Å². The van der Waals surface area contributed by atoms with Gasteiger partial charge < -0.3 is 5.32 Å². The molecular formula is C14H19N3O2S. The van der Waals surface area contributed by atoms with Gasteiger partial charge in [-0.2, -0.15) is 0 Å². The van der Waals surface area contributed by atoms with Crippen LogP contribution in [-0.4, -0.2) is 34.0 Å². The maximum Gasteiger partial charge on any atom is 0.230 e. The van der Waals surface area contributed by atoms with Crippen LogP contribution in [0.1, 0.15) is 54.5 Å². The van der Waals surface area contributed by atoms with Crippen molar-refractivity contribution in [3.63, 3.8) is 0 Å². The van der Waals surface area contributed by atoms with Crippen LogP contribution in [0.2, 0.25) is 0 Å². The molecule has 1 amide bonds. The summed E-state index contributed by atoms with van der Waals surface area (Å²) < 4.78 is 0. The molecule has 0 aliphatic heterocycles. The Hall–Kier alpha value is -1.43. The minimum absolute atomic E-state index is 0.0451. The lowest BCUT2D eigenvalue weighted by molar-refractivity contribution is -0.118. The highest BCUT2D eigenvalue weighted by molar-refractivity contribution is 8.00. The Balaban J connectivity index is 2.23. The van der Waals surface area contributed by atoms with Crippen molar-refractivity contribution in [2.24, 2.45) is 0 Å². The number of Topliss-reactive ketones (excluding diaryl/α,β-unsaturated/α-hetero) is 1. The smallest absolute Gasteiger partial charge is 0.230 e. The fourth-order valence-corrected chi connectivity index (χ4v) is 2.95. The van der Waals surface area contributed by atoms with Gasteiger partial charge in [-0.25, -0.2) is 9.97 Å². The number of carbonyl (C=O) groups is 2. The number of thioether (sulfide) groups is 1. The first kappa shape index (κ1) is 15.0. The van der Waals surface area contributed by atoms with Gasteiger partial charge in [-0.1, -0.05) is 11.8 Å². The molecule has 20 heavy (non-hydrogen) atoms. The molecule has 1 aliphatic carbocycles. The van der Waals surface area contributed by atoms with Crippen LogP contribution in [0.15, 0.2) is 5.03 Å². The van der Waals surface area contributed by atoms with Gasteiger partial charge in [0.1, 0.15) is 10.9 Å². The van der Waals surface area contributed by atoms with Crippen LogP contribution in [0.5, 0.6) is 0 Å². The number of amides is 1. The molecule has 0 saturated heterocycles. The Kier molecular flexibility index (Phi) is 4.75. The predicted molar refractivity (Wildman–Crippen MR) is 78.2 cm³/mol. The number of hydrogen-bond donors (Lipinski definition) is 1. The topological polar surface area (TPSA) is 72.0 Å². The van der Waals surface area contributed by atoms with Crippen molar-refractivity contribution in [2.75, 3.05) is 12.3 Å². The summed E-state index contributed by atoms with van der Waals surface area (Å²) in [7, 11) is 0. The third-order valence-electron chi connectivity index (χ3n) is 3.08. The summed E-state index contributed by atoms with van der Waals surface area (Å²) in [5, 5.41) is 3.38. The zero-order valence-electron chi connectivity index (χ0n) is 12.0. The Bertz CT molecular complexity index is 541. The van der Waals surface area contributed by atoms with Gasteiger partial charge in [0.05, 0.1) is 17.0 Å². The zero-order valence-corrected chi connectivity index (χ0v) is 12.8. The Morgan fingerprint density at radius 1 is 1.35 bits per heavy atom. The van der Waals surface area contributed by atoms with Crippen molar-refractivity contribution < 1.29 is 9.59 Å². The van der Waals surface area contributed by atoms with Crippen LogP contribution in [0.3, 0.4) is 0 Å². The highest BCUT2D eigenvalue weighted by Crippen LogP contribution is 2.39. The molecule has 1 fully saturated rings. The summed E-state index contributed by atoms with van der Waals surface area (Å²) in [6.45, 7) is 5.83. The lowest BCUT2D eigenvalue weighted by Crippen LogP contribution is -2.24. The van der Waals surface area contributed by atoms with Crippen LogP contribution in [0, 0.1) is 6.92 Å². The van der Waals surface area contributed by atoms with E-state index in [1.54, 1.807) is 0 Å². The minimum atomic E-state index is -0.0525. The van der Waals surface area contributed by atoms with Crippen molar-refractivity contribution in [2.45, 2.75) is 44.6 Å². The lowest BCUT2D eigenvalue weighted by atomic mass is 10.2. The van der Waals surface area contributed by atoms with Gasteiger partial charge in [0.2, 0.25) is 5.91 Å². The largest absolute Gasteiger partial charge is 0.356 e. The fraction of sp³-hybridized carbons (Fsp3) is 0.571. The van der Waals surface area contributed by atoms with Gasteiger partial charge in [0.15, 0.2) is 5.78 Å². The van der Waals surface area contributed by atoms with Crippen molar-refractivity contribution >= 4 is 23.5 Å². The third kappa shape index (κ3) is 3.56. The van der Waals surface area contributed by atoms with Crippen molar-refractivity contribution in [3.8, 4) is 0 Å². The molecule has 1 aromatic rings. The number of aryl methyl sites for hydroxylation is 1. The quantitative estimate of drug-likeness (QED) is 0.494. The normalized spacial score (nSPS) is 14.2. The van der Waals surface area contributed by atoms with Gasteiger partial charge in [-0.15, -0.1) is 0 Å². The summed E-state index contributed by atoms with van der Waals surface area (Å²) in [5.74, 6) is 1.42. The molecule has 0 atom stereocenters. The zero-order chi connectivity index (χ0) is 14.7. The minimum Gasteiger partial charge on any atom is -0.356 e. The number of rotatable bonds is 6. The molecule has 2 rings (SSSR count). The molecule has 1 N–H and O–H groups in total. The van der Waals surface area contributed by atoms with Crippen LogP contribution < -0.4 is 5.32 Å². The molecule has 0 spiro atoms. The van der Waals surface area contributed by atoms with E-state index in [9.17, 15) is 9.59 Å². The molecule has 1 aliphatic rings. The van der Waals surface area contributed by atoms with E-state index in [4.69, 9.17) is 0 Å². The van der Waals surface area contributed by atoms with E-state index in [0.717, 1.165) is 18.7 Å².